The zero-order chi connectivity index (χ0) is 20.6. The van der Waals surface area contributed by atoms with Gasteiger partial charge in [-0.1, -0.05) is 52.3 Å². The molecule has 6 heteroatoms. The Morgan fingerprint density at radius 1 is 0.793 bits per heavy atom. The molecule has 0 N–H and O–H groups in total. The highest BCUT2D eigenvalue weighted by Crippen LogP contribution is 2.35. The highest BCUT2D eigenvalue weighted by Gasteiger charge is 2.13. The Morgan fingerprint density at radius 3 is 2.21 bits per heavy atom. The van der Waals surface area contributed by atoms with Crippen LogP contribution in [0.5, 0.6) is 23.0 Å². The molecule has 0 amide bonds. The molecule has 5 nitrogen and oxygen atoms in total. The first-order valence-corrected chi connectivity index (χ1v) is 9.73. The van der Waals surface area contributed by atoms with Crippen molar-refractivity contribution in [2.45, 2.75) is 13.2 Å². The normalized spacial score (nSPS) is 10.3. The summed E-state index contributed by atoms with van der Waals surface area (Å²) in [4.78, 5) is 11.4. The first kappa shape index (κ1) is 20.7. The smallest absolute Gasteiger partial charge is 0.172 e. The number of methoxy groups -OCH3 is 2. The van der Waals surface area contributed by atoms with Crippen LogP contribution in [0.25, 0.3) is 0 Å². The van der Waals surface area contributed by atoms with E-state index in [1.54, 1.807) is 19.2 Å². The molecule has 0 fully saturated rings. The Kier molecular flexibility index (Phi) is 7.14. The SMILES string of the molecule is COc1cc(COc2c(C=O)cc(Br)cc2OC)ccc1OCc1ccccc1. The summed E-state index contributed by atoms with van der Waals surface area (Å²) in [5.41, 5.74) is 2.35. The fraction of sp³-hybridized carbons (Fsp3) is 0.174. The Morgan fingerprint density at radius 2 is 1.52 bits per heavy atom. The van der Waals surface area contributed by atoms with Crippen molar-refractivity contribution in [3.05, 3.63) is 81.8 Å². The highest BCUT2D eigenvalue weighted by atomic mass is 79.9. The number of rotatable bonds is 9. The number of aldehydes is 1. The highest BCUT2D eigenvalue weighted by molar-refractivity contribution is 9.10. The predicted molar refractivity (Wildman–Crippen MR) is 114 cm³/mol. The van der Waals surface area contributed by atoms with E-state index >= 15 is 0 Å². The van der Waals surface area contributed by atoms with Gasteiger partial charge >= 0.3 is 0 Å². The van der Waals surface area contributed by atoms with Gasteiger partial charge < -0.3 is 18.9 Å². The standard InChI is InChI=1S/C23H21BrO5/c1-26-21-10-17(8-9-20(21)28-14-16-6-4-3-5-7-16)15-29-23-18(13-25)11-19(24)12-22(23)27-2/h3-13H,14-15H2,1-2H3. The summed E-state index contributed by atoms with van der Waals surface area (Å²) in [6.07, 6.45) is 0.740. The van der Waals surface area contributed by atoms with Gasteiger partial charge in [0.05, 0.1) is 19.8 Å². The van der Waals surface area contributed by atoms with Crippen molar-refractivity contribution in [2.24, 2.45) is 0 Å². The predicted octanol–water partition coefficient (Wildman–Crippen LogP) is 5.44. The van der Waals surface area contributed by atoms with Crippen LogP contribution in [0.1, 0.15) is 21.5 Å². The van der Waals surface area contributed by atoms with E-state index in [4.69, 9.17) is 18.9 Å². The number of ether oxygens (including phenoxy) is 4. The lowest BCUT2D eigenvalue weighted by Crippen LogP contribution is -2.02. The van der Waals surface area contributed by atoms with E-state index in [9.17, 15) is 4.79 Å². The molecule has 0 spiro atoms. The molecule has 0 radical (unpaired) electrons. The van der Waals surface area contributed by atoms with Gasteiger partial charge in [0.1, 0.15) is 13.2 Å². The molecule has 0 unspecified atom stereocenters. The number of hydrogen-bond acceptors (Lipinski definition) is 5. The molecule has 3 rings (SSSR count). The van der Waals surface area contributed by atoms with Crippen LogP contribution in [-0.4, -0.2) is 20.5 Å². The van der Waals surface area contributed by atoms with E-state index in [1.807, 2.05) is 48.5 Å². The second-order valence-electron chi connectivity index (χ2n) is 6.19. The third kappa shape index (κ3) is 5.29. The number of benzene rings is 3. The maximum absolute atomic E-state index is 11.4. The van der Waals surface area contributed by atoms with E-state index in [1.165, 1.54) is 7.11 Å². The summed E-state index contributed by atoms with van der Waals surface area (Å²) >= 11 is 3.36. The maximum atomic E-state index is 11.4. The lowest BCUT2D eigenvalue weighted by molar-refractivity contribution is 0.111. The molecule has 0 aromatic heterocycles. The molecule has 0 saturated carbocycles. The zero-order valence-electron chi connectivity index (χ0n) is 16.2. The van der Waals surface area contributed by atoms with Crippen LogP contribution < -0.4 is 18.9 Å². The van der Waals surface area contributed by atoms with Gasteiger partial charge in [0.15, 0.2) is 29.3 Å². The molecule has 0 bridgehead atoms. The van der Waals surface area contributed by atoms with Gasteiger partial charge in [-0.05, 0) is 35.4 Å². The van der Waals surface area contributed by atoms with Crippen LogP contribution in [0.2, 0.25) is 0 Å². The summed E-state index contributed by atoms with van der Waals surface area (Å²) in [5, 5.41) is 0. The van der Waals surface area contributed by atoms with Crippen molar-refractivity contribution in [3.8, 4) is 23.0 Å². The molecule has 0 aliphatic carbocycles. The monoisotopic (exact) mass is 456 g/mol. The molecule has 0 atom stereocenters. The topological polar surface area (TPSA) is 54.0 Å². The molecule has 3 aromatic carbocycles. The van der Waals surface area contributed by atoms with Crippen LogP contribution in [0.15, 0.2) is 65.1 Å². The molecule has 29 heavy (non-hydrogen) atoms. The lowest BCUT2D eigenvalue weighted by Gasteiger charge is -2.15. The van der Waals surface area contributed by atoms with Crippen LogP contribution >= 0.6 is 15.9 Å². The second-order valence-corrected chi connectivity index (χ2v) is 7.11. The average Bonchev–Trinajstić information content (AvgIpc) is 2.77. The lowest BCUT2D eigenvalue weighted by atomic mass is 10.2. The van der Waals surface area contributed by atoms with Gasteiger partial charge in [0, 0.05) is 4.47 Å². The summed E-state index contributed by atoms with van der Waals surface area (Å²) in [7, 11) is 3.13. The maximum Gasteiger partial charge on any atom is 0.172 e. The van der Waals surface area contributed by atoms with Gasteiger partial charge in [-0.2, -0.15) is 0 Å². The van der Waals surface area contributed by atoms with Crippen molar-refractivity contribution in [2.75, 3.05) is 14.2 Å². The van der Waals surface area contributed by atoms with Crippen LogP contribution in [-0.2, 0) is 13.2 Å². The summed E-state index contributed by atoms with van der Waals surface area (Å²) in [6.45, 7) is 0.694. The Labute approximate surface area is 178 Å². The summed E-state index contributed by atoms with van der Waals surface area (Å²) < 4.78 is 23.3. The minimum Gasteiger partial charge on any atom is -0.493 e. The van der Waals surface area contributed by atoms with E-state index < -0.39 is 0 Å². The van der Waals surface area contributed by atoms with Gasteiger partial charge in [-0.3, -0.25) is 4.79 Å². The quantitative estimate of drug-likeness (QED) is 0.401. The summed E-state index contributed by atoms with van der Waals surface area (Å²) in [6, 6.07) is 19.0. The van der Waals surface area contributed by atoms with Crippen LogP contribution in [0.4, 0.5) is 0 Å². The minimum absolute atomic E-state index is 0.244. The average molecular weight is 457 g/mol. The third-order valence-corrected chi connectivity index (χ3v) is 4.70. The van der Waals surface area contributed by atoms with Crippen molar-refractivity contribution in [1.82, 2.24) is 0 Å². The molecule has 0 aliphatic heterocycles. The van der Waals surface area contributed by atoms with E-state index in [0.717, 1.165) is 21.9 Å². The van der Waals surface area contributed by atoms with Gasteiger partial charge in [0.25, 0.3) is 0 Å². The number of halogens is 1. The second kappa shape index (κ2) is 9.98. The Bertz CT molecular complexity index is 973. The molecular weight excluding hydrogens is 436 g/mol. The Balaban J connectivity index is 1.73. The van der Waals surface area contributed by atoms with Crippen LogP contribution in [0.3, 0.4) is 0 Å². The van der Waals surface area contributed by atoms with Gasteiger partial charge in [-0.25, -0.2) is 0 Å². The molecule has 150 valence electrons. The van der Waals surface area contributed by atoms with Crippen molar-refractivity contribution >= 4 is 22.2 Å². The van der Waals surface area contributed by atoms with Crippen molar-refractivity contribution in [1.29, 1.82) is 0 Å². The largest absolute Gasteiger partial charge is 0.493 e. The van der Waals surface area contributed by atoms with Crippen molar-refractivity contribution in [3.63, 3.8) is 0 Å². The van der Waals surface area contributed by atoms with Crippen LogP contribution in [0, 0.1) is 0 Å². The van der Waals surface area contributed by atoms with Gasteiger partial charge in [0.2, 0.25) is 0 Å². The summed E-state index contributed by atoms with van der Waals surface area (Å²) in [5.74, 6) is 2.14. The van der Waals surface area contributed by atoms with E-state index in [0.29, 0.717) is 35.2 Å². The third-order valence-electron chi connectivity index (χ3n) is 4.24. The minimum atomic E-state index is 0.244. The molecule has 0 saturated heterocycles. The fourth-order valence-corrected chi connectivity index (χ4v) is 3.25. The number of carbonyl (C=O) groups excluding carboxylic acids is 1. The van der Waals surface area contributed by atoms with Gasteiger partial charge in [-0.15, -0.1) is 0 Å². The fourth-order valence-electron chi connectivity index (χ4n) is 2.79. The number of carbonyl (C=O) groups is 1. The number of hydrogen-bond donors (Lipinski definition) is 0. The molecule has 3 aromatic rings. The molecule has 0 aliphatic rings. The first-order chi connectivity index (χ1) is 14.1. The van der Waals surface area contributed by atoms with E-state index in [2.05, 4.69) is 15.9 Å². The zero-order valence-corrected chi connectivity index (χ0v) is 17.8. The molecule has 0 heterocycles. The molecular formula is C23H21BrO5. The van der Waals surface area contributed by atoms with Crippen molar-refractivity contribution < 1.29 is 23.7 Å². The van der Waals surface area contributed by atoms with E-state index in [-0.39, 0.29) is 6.61 Å². The first-order valence-electron chi connectivity index (χ1n) is 8.93. The Hall–Kier alpha value is -2.99.